The molecule has 0 unspecified atom stereocenters. The molecule has 0 saturated heterocycles. The van der Waals surface area contributed by atoms with E-state index in [0.29, 0.717) is 12.1 Å². The van der Waals surface area contributed by atoms with Gasteiger partial charge in [-0.25, -0.2) is 0 Å². The first-order valence-corrected chi connectivity index (χ1v) is 3.77. The van der Waals surface area contributed by atoms with Gasteiger partial charge in [-0.05, 0) is 19.0 Å². The van der Waals surface area contributed by atoms with Gasteiger partial charge in [0.1, 0.15) is 0 Å². The molecule has 12 heavy (non-hydrogen) atoms. The van der Waals surface area contributed by atoms with Gasteiger partial charge in [0.15, 0.2) is 0 Å². The molecule has 3 heteroatoms. The van der Waals surface area contributed by atoms with Crippen LogP contribution in [0.25, 0.3) is 5.32 Å². The third-order valence-electron chi connectivity index (χ3n) is 0.890. The topological polar surface area (TPSA) is 26.5 Å². The molecule has 76 valence electrons. The van der Waals surface area contributed by atoms with Gasteiger partial charge in [0.05, 0.1) is 0 Å². The second-order valence-electron chi connectivity index (χ2n) is 2.99. The van der Waals surface area contributed by atoms with Crippen molar-refractivity contribution in [2.75, 3.05) is 0 Å². The molecule has 0 radical (unpaired) electrons. The third kappa shape index (κ3) is 12.6. The molecule has 0 aromatic rings. The van der Waals surface area contributed by atoms with Gasteiger partial charge >= 0.3 is 16.5 Å². The Hall–Kier alpha value is -0.0365. The molecule has 0 rings (SSSR count). The second-order valence-corrected chi connectivity index (χ2v) is 2.99. The average Bonchev–Trinajstić information content (AvgIpc) is 1.58. The smallest absolute Gasteiger partial charge is 0.467 e. The fourth-order valence-corrected chi connectivity index (χ4v) is 0.781. The predicted molar refractivity (Wildman–Crippen MR) is 53.2 cm³/mol. The average molecular weight is 215 g/mol. The van der Waals surface area contributed by atoms with Crippen molar-refractivity contribution < 1.29 is 16.5 Å². The summed E-state index contributed by atoms with van der Waals surface area (Å²) in [6.45, 7) is 10.2. The molecule has 0 aromatic heterocycles. The molecule has 0 aromatic carbocycles. The Balaban J connectivity index is -0.000000405. The van der Waals surface area contributed by atoms with Crippen LogP contribution in [0.15, 0.2) is 4.99 Å². The predicted octanol–water partition coefficient (Wildman–Crippen LogP) is 3.04. The molecule has 0 aliphatic heterocycles. The van der Waals surface area contributed by atoms with E-state index in [1.165, 1.54) is 0 Å². The molecule has 0 saturated carbocycles. The van der Waals surface area contributed by atoms with Crippen LogP contribution in [0.1, 0.15) is 34.6 Å². The standard InChI is InChI=1S/C8H17N2.CH3.Ni/c1-6(2)9-8(5)10-7(3)4;;/h6-7H,1-5H3;1H3;/q2*-1;+2. The van der Waals surface area contributed by atoms with Crippen molar-refractivity contribution in [1.29, 1.82) is 0 Å². The number of hydrogen-bond donors (Lipinski definition) is 0. The summed E-state index contributed by atoms with van der Waals surface area (Å²) in [7, 11) is 0. The van der Waals surface area contributed by atoms with E-state index in [1.54, 1.807) is 0 Å². The zero-order chi connectivity index (χ0) is 8.15. The minimum Gasteiger partial charge on any atom is -0.467 e. The van der Waals surface area contributed by atoms with E-state index in [1.807, 2.05) is 6.92 Å². The maximum Gasteiger partial charge on any atom is 2.00 e. The van der Waals surface area contributed by atoms with Gasteiger partial charge in [0, 0.05) is 0 Å². The molecule has 0 spiro atoms. The summed E-state index contributed by atoms with van der Waals surface area (Å²) >= 11 is 0. The Morgan fingerprint density at radius 2 is 1.58 bits per heavy atom. The van der Waals surface area contributed by atoms with Crippen LogP contribution in [-0.4, -0.2) is 17.9 Å². The first-order valence-electron chi connectivity index (χ1n) is 3.77. The van der Waals surface area contributed by atoms with E-state index in [0.717, 1.165) is 5.84 Å². The molecule has 0 heterocycles. The van der Waals surface area contributed by atoms with E-state index < -0.39 is 0 Å². The van der Waals surface area contributed by atoms with Crippen molar-refractivity contribution in [3.63, 3.8) is 0 Å². The van der Waals surface area contributed by atoms with E-state index in [9.17, 15) is 0 Å². The molecule has 0 bridgehead atoms. The maximum absolute atomic E-state index is 4.27. The normalized spacial score (nSPS) is 10.8. The minimum absolute atomic E-state index is 0. The number of nitrogens with zero attached hydrogens (tertiary/aromatic N) is 2. The van der Waals surface area contributed by atoms with Crippen molar-refractivity contribution in [1.82, 2.24) is 0 Å². The molecule has 0 atom stereocenters. The van der Waals surface area contributed by atoms with Crippen LogP contribution in [0.3, 0.4) is 0 Å². The number of rotatable bonds is 2. The van der Waals surface area contributed by atoms with Crippen LogP contribution in [0.4, 0.5) is 0 Å². The summed E-state index contributed by atoms with van der Waals surface area (Å²) < 4.78 is 0. The first kappa shape index (κ1) is 17.9. The zero-order valence-electron chi connectivity index (χ0n) is 8.87. The fraction of sp³-hybridized carbons (Fsp3) is 0.778. The van der Waals surface area contributed by atoms with E-state index in [-0.39, 0.29) is 23.9 Å². The summed E-state index contributed by atoms with van der Waals surface area (Å²) in [6.07, 6.45) is 0. The van der Waals surface area contributed by atoms with Gasteiger partial charge in [-0.15, -0.1) is 0 Å². The van der Waals surface area contributed by atoms with Crippen molar-refractivity contribution in [2.45, 2.75) is 46.7 Å². The van der Waals surface area contributed by atoms with Gasteiger partial charge < -0.3 is 17.7 Å². The van der Waals surface area contributed by atoms with Gasteiger partial charge in [0.25, 0.3) is 0 Å². The summed E-state index contributed by atoms with van der Waals surface area (Å²) in [5.74, 6) is 0.907. The van der Waals surface area contributed by atoms with Gasteiger partial charge in [0.2, 0.25) is 0 Å². The molecule has 0 fully saturated rings. The summed E-state index contributed by atoms with van der Waals surface area (Å²) in [6, 6.07) is 0.727. The summed E-state index contributed by atoms with van der Waals surface area (Å²) in [4.78, 5) is 4.27. The fourth-order valence-electron chi connectivity index (χ4n) is 0.781. The van der Waals surface area contributed by atoms with Crippen LogP contribution in [-0.2, 0) is 16.5 Å². The second kappa shape index (κ2) is 9.05. The largest absolute Gasteiger partial charge is 2.00 e. The summed E-state index contributed by atoms with van der Waals surface area (Å²) in [5, 5.41) is 4.27. The van der Waals surface area contributed by atoms with Crippen molar-refractivity contribution in [2.24, 2.45) is 4.99 Å². The van der Waals surface area contributed by atoms with E-state index >= 15 is 0 Å². The van der Waals surface area contributed by atoms with E-state index in [4.69, 9.17) is 0 Å². The molecular formula is C9H20N2Ni. The molecule has 2 nitrogen and oxygen atoms in total. The van der Waals surface area contributed by atoms with Gasteiger partial charge in [-0.3, -0.25) is 0 Å². The van der Waals surface area contributed by atoms with E-state index in [2.05, 4.69) is 38.0 Å². The van der Waals surface area contributed by atoms with Crippen molar-refractivity contribution in [3.05, 3.63) is 12.7 Å². The number of aliphatic imine (C=N–C) groups is 1. The SMILES string of the molecule is CC(=NC(C)C)[N-]C(C)C.[CH3-].[Ni+2]. The Morgan fingerprint density at radius 1 is 1.17 bits per heavy atom. The molecule has 0 amide bonds. The Labute approximate surface area is 87.2 Å². The van der Waals surface area contributed by atoms with Crippen LogP contribution in [0, 0.1) is 7.43 Å². The molecule has 0 aliphatic carbocycles. The van der Waals surface area contributed by atoms with Gasteiger partial charge in [-0.2, -0.15) is 0 Å². The Kier molecular flexibility index (Phi) is 13.5. The first-order chi connectivity index (χ1) is 4.52. The summed E-state index contributed by atoms with van der Waals surface area (Å²) in [5.41, 5.74) is 0. The molecule has 0 N–H and O–H groups in total. The Bertz CT molecular complexity index is 120. The van der Waals surface area contributed by atoms with Crippen molar-refractivity contribution >= 4 is 5.84 Å². The molecule has 0 aliphatic rings. The van der Waals surface area contributed by atoms with Crippen LogP contribution >= 0.6 is 0 Å². The van der Waals surface area contributed by atoms with Crippen LogP contribution in [0.2, 0.25) is 0 Å². The third-order valence-corrected chi connectivity index (χ3v) is 0.890. The van der Waals surface area contributed by atoms with Crippen molar-refractivity contribution in [3.8, 4) is 0 Å². The van der Waals surface area contributed by atoms with Crippen LogP contribution < -0.4 is 0 Å². The van der Waals surface area contributed by atoms with Crippen LogP contribution in [0.5, 0.6) is 0 Å². The molecular weight excluding hydrogens is 195 g/mol. The van der Waals surface area contributed by atoms with Gasteiger partial charge in [-0.1, -0.05) is 33.5 Å². The maximum atomic E-state index is 4.27. The monoisotopic (exact) mass is 214 g/mol. The zero-order valence-corrected chi connectivity index (χ0v) is 9.85. The quantitative estimate of drug-likeness (QED) is 0.293. The minimum atomic E-state index is 0. The number of amidine groups is 1. The Morgan fingerprint density at radius 3 is 1.83 bits per heavy atom. The number of hydrogen-bond acceptors (Lipinski definition) is 1.